The van der Waals surface area contributed by atoms with Crippen LogP contribution in [0.3, 0.4) is 0 Å². The number of nitrogen functional groups attached to an aromatic ring is 1. The predicted molar refractivity (Wildman–Crippen MR) is 75.1 cm³/mol. The molecule has 2 N–H and O–H groups in total. The molecule has 0 saturated carbocycles. The molecule has 20 heavy (non-hydrogen) atoms. The summed E-state index contributed by atoms with van der Waals surface area (Å²) < 4.78 is 26.3. The van der Waals surface area contributed by atoms with Crippen LogP contribution < -0.4 is 5.73 Å². The van der Waals surface area contributed by atoms with Crippen molar-refractivity contribution in [3.8, 4) is 0 Å². The SMILES string of the molecule is Cc1cc(Cl)c(C(=O)c2cc(F)c(F)cc2N)cc1C. The maximum atomic E-state index is 13.3. The first-order valence-corrected chi connectivity index (χ1v) is 6.25. The average molecular weight is 296 g/mol. The molecule has 0 spiro atoms. The van der Waals surface area contributed by atoms with E-state index in [-0.39, 0.29) is 21.8 Å². The van der Waals surface area contributed by atoms with E-state index in [0.29, 0.717) is 0 Å². The summed E-state index contributed by atoms with van der Waals surface area (Å²) in [7, 11) is 0. The second-order valence-electron chi connectivity index (χ2n) is 4.60. The lowest BCUT2D eigenvalue weighted by atomic mass is 9.98. The van der Waals surface area contributed by atoms with E-state index < -0.39 is 17.4 Å². The largest absolute Gasteiger partial charge is 0.398 e. The quantitative estimate of drug-likeness (QED) is 0.671. The van der Waals surface area contributed by atoms with Crippen LogP contribution in [0.15, 0.2) is 24.3 Å². The minimum atomic E-state index is -1.12. The molecular formula is C15H12ClF2NO. The van der Waals surface area contributed by atoms with Gasteiger partial charge in [-0.1, -0.05) is 11.6 Å². The van der Waals surface area contributed by atoms with E-state index in [9.17, 15) is 13.6 Å². The molecule has 0 aliphatic rings. The van der Waals surface area contributed by atoms with Crippen molar-refractivity contribution >= 4 is 23.1 Å². The third-order valence-corrected chi connectivity index (χ3v) is 3.48. The predicted octanol–water partition coefficient (Wildman–Crippen LogP) is 4.05. The molecular weight excluding hydrogens is 284 g/mol. The van der Waals surface area contributed by atoms with E-state index in [4.69, 9.17) is 17.3 Å². The van der Waals surface area contributed by atoms with Crippen LogP contribution in [0.25, 0.3) is 0 Å². The van der Waals surface area contributed by atoms with Crippen molar-refractivity contribution in [2.24, 2.45) is 0 Å². The molecule has 0 fully saturated rings. The molecule has 0 aromatic heterocycles. The summed E-state index contributed by atoms with van der Waals surface area (Å²) in [4.78, 5) is 12.4. The number of nitrogens with two attached hydrogens (primary N) is 1. The van der Waals surface area contributed by atoms with Crippen molar-refractivity contribution in [1.29, 1.82) is 0 Å². The highest BCUT2D eigenvalue weighted by Crippen LogP contribution is 2.26. The zero-order valence-electron chi connectivity index (χ0n) is 10.9. The Hall–Kier alpha value is -1.94. The topological polar surface area (TPSA) is 43.1 Å². The van der Waals surface area contributed by atoms with Gasteiger partial charge in [-0.3, -0.25) is 4.79 Å². The van der Waals surface area contributed by atoms with E-state index >= 15 is 0 Å². The molecule has 0 aliphatic carbocycles. The summed E-state index contributed by atoms with van der Waals surface area (Å²) >= 11 is 6.04. The summed E-state index contributed by atoms with van der Waals surface area (Å²) in [5, 5.41) is 0.252. The lowest BCUT2D eigenvalue weighted by Crippen LogP contribution is -2.08. The van der Waals surface area contributed by atoms with Gasteiger partial charge in [-0.2, -0.15) is 0 Å². The van der Waals surface area contributed by atoms with Crippen molar-refractivity contribution in [3.05, 3.63) is 63.2 Å². The van der Waals surface area contributed by atoms with Gasteiger partial charge in [0, 0.05) is 22.9 Å². The summed E-state index contributed by atoms with van der Waals surface area (Å²) in [5.74, 6) is -2.75. The molecule has 2 nitrogen and oxygen atoms in total. The van der Waals surface area contributed by atoms with Gasteiger partial charge in [0.25, 0.3) is 0 Å². The number of halogens is 3. The van der Waals surface area contributed by atoms with Crippen molar-refractivity contribution in [1.82, 2.24) is 0 Å². The van der Waals surface area contributed by atoms with Crippen LogP contribution in [-0.4, -0.2) is 5.78 Å². The molecule has 2 aromatic rings. The van der Waals surface area contributed by atoms with E-state index in [1.54, 1.807) is 12.1 Å². The van der Waals surface area contributed by atoms with Crippen LogP contribution in [0.2, 0.25) is 5.02 Å². The van der Waals surface area contributed by atoms with Gasteiger partial charge in [-0.05, 0) is 43.2 Å². The van der Waals surface area contributed by atoms with Crippen LogP contribution in [0.4, 0.5) is 14.5 Å². The maximum absolute atomic E-state index is 13.3. The Balaban J connectivity index is 2.57. The number of hydrogen-bond acceptors (Lipinski definition) is 2. The lowest BCUT2D eigenvalue weighted by Gasteiger charge is -2.10. The van der Waals surface area contributed by atoms with Gasteiger partial charge >= 0.3 is 0 Å². The number of anilines is 1. The Morgan fingerprint density at radius 3 is 2.20 bits per heavy atom. The van der Waals surface area contributed by atoms with E-state index in [0.717, 1.165) is 23.3 Å². The van der Waals surface area contributed by atoms with Crippen LogP contribution in [-0.2, 0) is 0 Å². The average Bonchev–Trinajstić information content (AvgIpc) is 2.37. The fourth-order valence-electron chi connectivity index (χ4n) is 1.86. The number of carbonyl (C=O) groups excluding carboxylic acids is 1. The fourth-order valence-corrected chi connectivity index (χ4v) is 2.16. The molecule has 0 amide bonds. The lowest BCUT2D eigenvalue weighted by molar-refractivity contribution is 0.103. The van der Waals surface area contributed by atoms with Crippen molar-refractivity contribution in [2.45, 2.75) is 13.8 Å². The Bertz CT molecular complexity index is 654. The van der Waals surface area contributed by atoms with Gasteiger partial charge in [-0.25, -0.2) is 8.78 Å². The molecule has 0 unspecified atom stereocenters. The number of benzene rings is 2. The molecule has 0 bridgehead atoms. The highest BCUT2D eigenvalue weighted by atomic mass is 35.5. The summed E-state index contributed by atoms with van der Waals surface area (Å²) in [6, 6.07) is 4.84. The van der Waals surface area contributed by atoms with Gasteiger partial charge < -0.3 is 5.73 Å². The molecule has 0 aliphatic heterocycles. The zero-order valence-corrected chi connectivity index (χ0v) is 11.7. The van der Waals surface area contributed by atoms with E-state index in [1.807, 2.05) is 13.8 Å². The van der Waals surface area contributed by atoms with Gasteiger partial charge in [0.15, 0.2) is 17.4 Å². The molecule has 0 saturated heterocycles. The van der Waals surface area contributed by atoms with Crippen LogP contribution >= 0.6 is 11.6 Å². The number of aryl methyl sites for hydroxylation is 2. The van der Waals surface area contributed by atoms with Crippen molar-refractivity contribution in [2.75, 3.05) is 5.73 Å². The normalized spacial score (nSPS) is 10.7. The minimum absolute atomic E-state index is 0.103. The molecule has 0 radical (unpaired) electrons. The Morgan fingerprint density at radius 2 is 1.55 bits per heavy atom. The molecule has 5 heteroatoms. The third kappa shape index (κ3) is 2.51. The molecule has 2 aromatic carbocycles. The number of rotatable bonds is 2. The Kier molecular flexibility index (Phi) is 3.77. The van der Waals surface area contributed by atoms with Crippen molar-refractivity contribution < 1.29 is 13.6 Å². The molecule has 2 rings (SSSR count). The first kappa shape index (κ1) is 14.5. The van der Waals surface area contributed by atoms with E-state index in [1.165, 1.54) is 0 Å². The third-order valence-electron chi connectivity index (χ3n) is 3.17. The number of hydrogen-bond donors (Lipinski definition) is 1. The smallest absolute Gasteiger partial charge is 0.196 e. The van der Waals surface area contributed by atoms with E-state index in [2.05, 4.69) is 0 Å². The molecule has 104 valence electrons. The van der Waals surface area contributed by atoms with Gasteiger partial charge in [-0.15, -0.1) is 0 Å². The van der Waals surface area contributed by atoms with Crippen LogP contribution in [0.1, 0.15) is 27.0 Å². The summed E-state index contributed by atoms with van der Waals surface area (Å²) in [5.41, 5.74) is 7.38. The second-order valence-corrected chi connectivity index (χ2v) is 5.01. The van der Waals surface area contributed by atoms with Gasteiger partial charge in [0.1, 0.15) is 0 Å². The minimum Gasteiger partial charge on any atom is -0.398 e. The van der Waals surface area contributed by atoms with Crippen molar-refractivity contribution in [3.63, 3.8) is 0 Å². The number of ketones is 1. The van der Waals surface area contributed by atoms with Crippen LogP contribution in [0.5, 0.6) is 0 Å². The van der Waals surface area contributed by atoms with Gasteiger partial charge in [0.2, 0.25) is 0 Å². The van der Waals surface area contributed by atoms with Crippen LogP contribution in [0, 0.1) is 25.5 Å². The van der Waals surface area contributed by atoms with Gasteiger partial charge in [0.05, 0.1) is 5.02 Å². The second kappa shape index (κ2) is 5.21. The Morgan fingerprint density at radius 1 is 1.00 bits per heavy atom. The Labute approximate surface area is 120 Å². The monoisotopic (exact) mass is 295 g/mol. The summed E-state index contributed by atoms with van der Waals surface area (Å²) in [6.07, 6.45) is 0. The first-order valence-electron chi connectivity index (χ1n) is 5.87. The zero-order chi connectivity index (χ0) is 15.0. The highest BCUT2D eigenvalue weighted by Gasteiger charge is 2.19. The number of carbonyl (C=O) groups is 1. The first-order chi connectivity index (χ1) is 9.31. The standard InChI is InChI=1S/C15H12ClF2NO/c1-7-3-9(11(16)4-8(7)2)15(20)10-5-12(17)13(18)6-14(10)19/h3-6H,19H2,1-2H3. The molecule has 0 atom stereocenters. The summed E-state index contributed by atoms with van der Waals surface area (Å²) in [6.45, 7) is 3.69. The molecule has 0 heterocycles. The highest BCUT2D eigenvalue weighted by molar-refractivity contribution is 6.35. The maximum Gasteiger partial charge on any atom is 0.196 e. The fraction of sp³-hybridized carbons (Fsp3) is 0.133.